The predicted molar refractivity (Wildman–Crippen MR) is 106 cm³/mol. The number of carbonyl (C=O) groups is 2. The topological polar surface area (TPSA) is 87.8 Å². The van der Waals surface area contributed by atoms with Crippen molar-refractivity contribution in [2.24, 2.45) is 21.7 Å². The summed E-state index contributed by atoms with van der Waals surface area (Å²) in [5, 5.41) is 9.12. The van der Waals surface area contributed by atoms with E-state index >= 15 is 0 Å². The van der Waals surface area contributed by atoms with Gasteiger partial charge >= 0.3 is 0 Å². The van der Waals surface area contributed by atoms with Gasteiger partial charge in [0, 0.05) is 17.4 Å². The Balaban J connectivity index is 2.48. The van der Waals surface area contributed by atoms with Crippen LogP contribution < -0.4 is 11.1 Å². The van der Waals surface area contributed by atoms with Crippen molar-refractivity contribution in [2.45, 2.75) is 46.4 Å². The molecule has 0 bridgehead atoms. The molecule has 7 heteroatoms. The summed E-state index contributed by atoms with van der Waals surface area (Å²) in [6, 6.07) is 9.56. The Morgan fingerprint density at radius 2 is 1.69 bits per heavy atom. The fourth-order valence-electron chi connectivity index (χ4n) is 2.38. The summed E-state index contributed by atoms with van der Waals surface area (Å²) in [6.07, 6.45) is 0. The molecule has 6 nitrogen and oxygen atoms in total. The van der Waals surface area contributed by atoms with Crippen molar-refractivity contribution < 1.29 is 9.59 Å². The van der Waals surface area contributed by atoms with Gasteiger partial charge in [-0.3, -0.25) is 9.59 Å². The zero-order valence-corrected chi connectivity index (χ0v) is 17.1. The number of nitrogens with zero attached hydrogens (tertiary/aromatic N) is 2. The number of hydrazone groups is 1. The van der Waals surface area contributed by atoms with E-state index < -0.39 is 15.7 Å². The predicted octanol–water partition coefficient (Wildman–Crippen LogP) is 2.85. The summed E-state index contributed by atoms with van der Waals surface area (Å²) in [6.45, 7) is 11.2. The smallest absolute Gasteiger partial charge is 0.249 e. The molecule has 1 atom stereocenters. The summed E-state index contributed by atoms with van der Waals surface area (Å²) >= 11 is 1.31. The number of amides is 2. The standard InChI is InChI=1S/C19H28N4O2S/c1-17(2,3)14(24)21-16-22-23(15(25)18(4,5)6)19(12-20,26-16)13-10-8-7-9-11-13/h7-11H,12,20H2,1-6H3,(H,21,22,24). The maximum Gasteiger partial charge on any atom is 0.249 e. The van der Waals surface area contributed by atoms with E-state index in [1.165, 1.54) is 16.8 Å². The zero-order valence-electron chi connectivity index (χ0n) is 16.3. The Bertz CT molecular complexity index is 719. The number of hydrogen-bond donors (Lipinski definition) is 2. The highest BCUT2D eigenvalue weighted by molar-refractivity contribution is 8.14. The summed E-state index contributed by atoms with van der Waals surface area (Å²) in [5.41, 5.74) is 5.82. The third-order valence-electron chi connectivity index (χ3n) is 4.04. The largest absolute Gasteiger partial charge is 0.327 e. The van der Waals surface area contributed by atoms with Crippen LogP contribution in [-0.4, -0.2) is 28.5 Å². The van der Waals surface area contributed by atoms with E-state index in [1.54, 1.807) is 0 Å². The molecule has 0 spiro atoms. The van der Waals surface area contributed by atoms with Gasteiger partial charge in [-0.25, -0.2) is 5.01 Å². The lowest BCUT2D eigenvalue weighted by atomic mass is 9.93. The SMILES string of the molecule is CC(C)(C)C(=O)NC1=NN(C(=O)C(C)(C)C)C(CN)(c2ccccc2)S1. The molecule has 0 fully saturated rings. The zero-order chi connectivity index (χ0) is 19.8. The maximum atomic E-state index is 13.1. The van der Waals surface area contributed by atoms with Crippen LogP contribution in [0.3, 0.4) is 0 Å². The second-order valence-electron chi connectivity index (χ2n) is 8.43. The van der Waals surface area contributed by atoms with Gasteiger partial charge in [-0.1, -0.05) is 71.9 Å². The van der Waals surface area contributed by atoms with Gasteiger partial charge in [-0.05, 0) is 17.3 Å². The molecule has 1 heterocycles. The number of carbonyl (C=O) groups excluding carboxylic acids is 2. The minimum Gasteiger partial charge on any atom is -0.327 e. The molecule has 3 N–H and O–H groups in total. The number of hydrogen-bond acceptors (Lipinski definition) is 5. The number of nitrogens with two attached hydrogens (primary N) is 1. The van der Waals surface area contributed by atoms with Crippen LogP contribution in [0.15, 0.2) is 35.4 Å². The first-order valence-corrected chi connectivity index (χ1v) is 9.43. The van der Waals surface area contributed by atoms with Gasteiger partial charge in [0.15, 0.2) is 10.0 Å². The fraction of sp³-hybridized carbons (Fsp3) is 0.526. The quantitative estimate of drug-likeness (QED) is 0.831. The van der Waals surface area contributed by atoms with E-state index in [0.717, 1.165) is 5.56 Å². The van der Waals surface area contributed by atoms with Gasteiger partial charge in [0.1, 0.15) is 0 Å². The molecule has 2 amide bonds. The first-order valence-electron chi connectivity index (χ1n) is 8.61. The van der Waals surface area contributed by atoms with E-state index in [2.05, 4.69) is 10.4 Å². The van der Waals surface area contributed by atoms with Gasteiger partial charge in [0.25, 0.3) is 0 Å². The lowest BCUT2D eigenvalue weighted by molar-refractivity contribution is -0.143. The lowest BCUT2D eigenvalue weighted by Gasteiger charge is -2.37. The molecule has 142 valence electrons. The van der Waals surface area contributed by atoms with E-state index in [9.17, 15) is 9.59 Å². The van der Waals surface area contributed by atoms with Crippen LogP contribution in [0.2, 0.25) is 0 Å². The van der Waals surface area contributed by atoms with Crippen LogP contribution >= 0.6 is 11.8 Å². The van der Waals surface area contributed by atoms with Crippen LogP contribution in [0.25, 0.3) is 0 Å². The molecule has 0 saturated carbocycles. The molecular weight excluding hydrogens is 348 g/mol. The van der Waals surface area contributed by atoms with Crippen molar-refractivity contribution in [2.75, 3.05) is 6.54 Å². The van der Waals surface area contributed by atoms with E-state index in [1.807, 2.05) is 71.9 Å². The second kappa shape index (κ2) is 7.04. The summed E-state index contributed by atoms with van der Waals surface area (Å²) in [7, 11) is 0. The fourth-order valence-corrected chi connectivity index (χ4v) is 3.52. The number of amidine groups is 1. The average molecular weight is 377 g/mol. The minimum atomic E-state index is -0.883. The van der Waals surface area contributed by atoms with Crippen LogP contribution in [0.5, 0.6) is 0 Å². The first-order chi connectivity index (χ1) is 11.9. The molecule has 1 aliphatic rings. The van der Waals surface area contributed by atoms with Crippen LogP contribution in [-0.2, 0) is 14.5 Å². The highest BCUT2D eigenvalue weighted by Crippen LogP contribution is 2.46. The second-order valence-corrected chi connectivity index (χ2v) is 9.70. The molecule has 1 aliphatic heterocycles. The van der Waals surface area contributed by atoms with Crippen molar-refractivity contribution in [3.8, 4) is 0 Å². The van der Waals surface area contributed by atoms with Crippen LogP contribution in [0.4, 0.5) is 0 Å². The molecule has 0 saturated heterocycles. The summed E-state index contributed by atoms with van der Waals surface area (Å²) < 4.78 is 0. The Morgan fingerprint density at radius 1 is 1.12 bits per heavy atom. The Labute approximate surface area is 159 Å². The number of thioether (sulfide) groups is 1. The minimum absolute atomic E-state index is 0.153. The Hall–Kier alpha value is -1.86. The third kappa shape index (κ3) is 3.94. The summed E-state index contributed by atoms with van der Waals surface area (Å²) in [5.74, 6) is -0.313. The number of rotatable bonds is 2. The highest BCUT2D eigenvalue weighted by atomic mass is 32.2. The molecule has 1 aromatic rings. The lowest BCUT2D eigenvalue weighted by Crippen LogP contribution is -2.50. The van der Waals surface area contributed by atoms with E-state index in [0.29, 0.717) is 5.17 Å². The molecule has 0 aliphatic carbocycles. The van der Waals surface area contributed by atoms with Gasteiger partial charge in [0.05, 0.1) is 0 Å². The molecule has 0 radical (unpaired) electrons. The third-order valence-corrected chi connectivity index (χ3v) is 5.33. The van der Waals surface area contributed by atoms with Crippen molar-refractivity contribution in [3.63, 3.8) is 0 Å². The van der Waals surface area contributed by atoms with Crippen molar-refractivity contribution >= 4 is 28.7 Å². The first kappa shape index (κ1) is 20.5. The molecule has 1 unspecified atom stereocenters. The average Bonchev–Trinajstić information content (AvgIpc) is 2.92. The van der Waals surface area contributed by atoms with Gasteiger partial charge in [0.2, 0.25) is 11.8 Å². The molecule has 26 heavy (non-hydrogen) atoms. The highest BCUT2D eigenvalue weighted by Gasteiger charge is 2.50. The normalized spacial score (nSPS) is 20.7. The van der Waals surface area contributed by atoms with Crippen molar-refractivity contribution in [3.05, 3.63) is 35.9 Å². The maximum absolute atomic E-state index is 13.1. The van der Waals surface area contributed by atoms with E-state index in [-0.39, 0.29) is 18.4 Å². The van der Waals surface area contributed by atoms with Crippen molar-refractivity contribution in [1.82, 2.24) is 10.3 Å². The van der Waals surface area contributed by atoms with Crippen LogP contribution in [0.1, 0.15) is 47.1 Å². The molecule has 0 aromatic heterocycles. The van der Waals surface area contributed by atoms with E-state index in [4.69, 9.17) is 5.73 Å². The Kier molecular flexibility index (Phi) is 5.54. The van der Waals surface area contributed by atoms with Crippen molar-refractivity contribution in [1.29, 1.82) is 0 Å². The van der Waals surface area contributed by atoms with Crippen LogP contribution in [0, 0.1) is 10.8 Å². The number of benzene rings is 1. The monoisotopic (exact) mass is 376 g/mol. The Morgan fingerprint density at radius 3 is 2.15 bits per heavy atom. The number of nitrogens with one attached hydrogen (secondary N) is 1. The molecular formula is C19H28N4O2S. The van der Waals surface area contributed by atoms with Gasteiger partial charge in [-0.15, -0.1) is 5.10 Å². The summed E-state index contributed by atoms with van der Waals surface area (Å²) in [4.78, 5) is 24.6. The molecule has 2 rings (SSSR count). The molecule has 1 aromatic carbocycles. The van der Waals surface area contributed by atoms with Gasteiger partial charge in [-0.2, -0.15) is 0 Å². The van der Waals surface area contributed by atoms with Gasteiger partial charge < -0.3 is 11.1 Å².